The molecule has 0 aliphatic carbocycles. The highest BCUT2D eigenvalue weighted by molar-refractivity contribution is 5.14. The first kappa shape index (κ1) is 11.1. The van der Waals surface area contributed by atoms with Crippen LogP contribution in [0.3, 0.4) is 0 Å². The number of benzene rings is 1. The molecule has 0 atom stereocenters. The predicted octanol–water partition coefficient (Wildman–Crippen LogP) is 2.78. The lowest BCUT2D eigenvalue weighted by Crippen LogP contribution is -2.13. The largest absolute Gasteiger partial charge is 0.272 e. The minimum absolute atomic E-state index is 1.09. The lowest BCUT2D eigenvalue weighted by atomic mass is 10.1. The van der Waals surface area contributed by atoms with Crippen molar-refractivity contribution in [3.63, 3.8) is 0 Å². The van der Waals surface area contributed by atoms with E-state index in [0.717, 1.165) is 6.54 Å². The molecule has 0 unspecified atom stereocenters. The summed E-state index contributed by atoms with van der Waals surface area (Å²) in [6.45, 7) is 1.09. The molecule has 0 fully saturated rings. The number of aryl methyl sites for hydroxylation is 1. The number of rotatable bonds is 6. The highest BCUT2D eigenvalue weighted by Crippen LogP contribution is 2.05. The SMILES string of the molecule is CN(C)C[CH+]CCCc1ccccc1. The zero-order chi connectivity index (χ0) is 10.2. The molecule has 0 amide bonds. The van der Waals surface area contributed by atoms with E-state index in [4.69, 9.17) is 0 Å². The highest BCUT2D eigenvalue weighted by Gasteiger charge is 2.00. The van der Waals surface area contributed by atoms with Crippen LogP contribution in [0.1, 0.15) is 18.4 Å². The van der Waals surface area contributed by atoms with Crippen LogP contribution in [-0.2, 0) is 6.42 Å². The summed E-state index contributed by atoms with van der Waals surface area (Å²) in [7, 11) is 4.21. The Morgan fingerprint density at radius 1 is 1.14 bits per heavy atom. The van der Waals surface area contributed by atoms with Gasteiger partial charge in [-0.15, -0.1) is 0 Å². The first-order valence-corrected chi connectivity index (χ1v) is 5.29. The van der Waals surface area contributed by atoms with E-state index in [1.807, 2.05) is 0 Å². The van der Waals surface area contributed by atoms with Gasteiger partial charge in [0.15, 0.2) is 0 Å². The van der Waals surface area contributed by atoms with Gasteiger partial charge >= 0.3 is 0 Å². The third-order valence-electron chi connectivity index (χ3n) is 2.21. The van der Waals surface area contributed by atoms with Crippen LogP contribution < -0.4 is 0 Å². The second-order valence-corrected chi connectivity index (χ2v) is 3.93. The summed E-state index contributed by atoms with van der Waals surface area (Å²) >= 11 is 0. The Hall–Kier alpha value is -0.950. The maximum absolute atomic E-state index is 2.35. The molecule has 14 heavy (non-hydrogen) atoms. The van der Waals surface area contributed by atoms with Crippen molar-refractivity contribution in [2.75, 3.05) is 20.6 Å². The van der Waals surface area contributed by atoms with E-state index in [0.29, 0.717) is 0 Å². The Morgan fingerprint density at radius 2 is 1.86 bits per heavy atom. The Balaban J connectivity index is 2.05. The van der Waals surface area contributed by atoms with Crippen LogP contribution in [0.5, 0.6) is 0 Å². The first-order valence-electron chi connectivity index (χ1n) is 5.29. The van der Waals surface area contributed by atoms with Gasteiger partial charge in [-0.05, 0) is 32.5 Å². The fourth-order valence-corrected chi connectivity index (χ4v) is 1.44. The smallest absolute Gasteiger partial charge is 0.140 e. The van der Waals surface area contributed by atoms with Crippen LogP contribution in [-0.4, -0.2) is 25.5 Å². The van der Waals surface area contributed by atoms with Gasteiger partial charge in [0.05, 0.1) is 12.8 Å². The summed E-state index contributed by atoms with van der Waals surface area (Å²) in [4.78, 5) is 2.20. The Labute approximate surface area is 87.7 Å². The van der Waals surface area contributed by atoms with Gasteiger partial charge in [-0.1, -0.05) is 30.3 Å². The lowest BCUT2D eigenvalue weighted by molar-refractivity contribution is 0.434. The van der Waals surface area contributed by atoms with E-state index < -0.39 is 0 Å². The highest BCUT2D eigenvalue weighted by atomic mass is 15.0. The molecular formula is C13H20N+. The average Bonchev–Trinajstić information content (AvgIpc) is 2.18. The van der Waals surface area contributed by atoms with Crippen molar-refractivity contribution in [3.05, 3.63) is 42.3 Å². The van der Waals surface area contributed by atoms with Gasteiger partial charge in [0.25, 0.3) is 0 Å². The van der Waals surface area contributed by atoms with Crippen molar-refractivity contribution >= 4 is 0 Å². The molecule has 0 aromatic heterocycles. The van der Waals surface area contributed by atoms with Crippen molar-refractivity contribution in [1.29, 1.82) is 0 Å². The van der Waals surface area contributed by atoms with Gasteiger partial charge in [0.2, 0.25) is 0 Å². The molecule has 0 radical (unpaired) electrons. The first-order chi connectivity index (χ1) is 6.79. The predicted molar refractivity (Wildman–Crippen MR) is 62.2 cm³/mol. The molecule has 1 aromatic carbocycles. The van der Waals surface area contributed by atoms with E-state index in [1.165, 1.54) is 24.8 Å². The molecule has 1 aromatic rings. The van der Waals surface area contributed by atoms with Gasteiger partial charge in [-0.25, -0.2) is 0 Å². The monoisotopic (exact) mass is 190 g/mol. The van der Waals surface area contributed by atoms with E-state index >= 15 is 0 Å². The topological polar surface area (TPSA) is 3.24 Å². The fraction of sp³-hybridized carbons (Fsp3) is 0.462. The number of unbranched alkanes of at least 4 members (excludes halogenated alkanes) is 2. The molecule has 1 rings (SSSR count). The molecule has 1 heteroatoms. The van der Waals surface area contributed by atoms with Crippen molar-refractivity contribution in [2.24, 2.45) is 0 Å². The molecule has 1 nitrogen and oxygen atoms in total. The fourth-order valence-electron chi connectivity index (χ4n) is 1.44. The van der Waals surface area contributed by atoms with Crippen molar-refractivity contribution < 1.29 is 0 Å². The summed E-state index contributed by atoms with van der Waals surface area (Å²) in [5.74, 6) is 0. The maximum atomic E-state index is 2.35. The molecule has 0 spiro atoms. The van der Waals surface area contributed by atoms with Crippen molar-refractivity contribution in [2.45, 2.75) is 19.3 Å². The summed E-state index contributed by atoms with van der Waals surface area (Å²) in [6.07, 6.45) is 6.03. The van der Waals surface area contributed by atoms with Crippen molar-refractivity contribution in [3.8, 4) is 0 Å². The van der Waals surface area contributed by atoms with Gasteiger partial charge in [-0.2, -0.15) is 0 Å². The Kier molecular flexibility index (Phi) is 5.16. The number of hydrogen-bond acceptors (Lipinski definition) is 1. The molecule has 0 heterocycles. The van der Waals surface area contributed by atoms with Crippen LogP contribution in [0.25, 0.3) is 0 Å². The molecule has 0 aliphatic heterocycles. The maximum Gasteiger partial charge on any atom is 0.140 e. The summed E-state index contributed by atoms with van der Waals surface area (Å²) in [6, 6.07) is 10.7. The summed E-state index contributed by atoms with van der Waals surface area (Å²) in [5.41, 5.74) is 1.45. The van der Waals surface area contributed by atoms with Gasteiger partial charge in [0.1, 0.15) is 6.54 Å². The zero-order valence-electron chi connectivity index (χ0n) is 9.24. The standard InChI is InChI=1S/C13H20N/c1-14(2)12-8-4-7-11-13-9-5-3-6-10-13/h3,5-6,8-10H,4,7,11-12H2,1-2H3/q+1. The molecule has 0 saturated carbocycles. The van der Waals surface area contributed by atoms with Crippen LogP contribution >= 0.6 is 0 Å². The van der Waals surface area contributed by atoms with Crippen LogP contribution in [0, 0.1) is 6.42 Å². The molecular weight excluding hydrogens is 170 g/mol. The Bertz CT molecular complexity index is 228. The normalized spacial score (nSPS) is 10.5. The summed E-state index contributed by atoms with van der Waals surface area (Å²) in [5, 5.41) is 0. The molecule has 76 valence electrons. The van der Waals surface area contributed by atoms with Crippen molar-refractivity contribution in [1.82, 2.24) is 4.90 Å². The molecule has 0 aliphatic rings. The van der Waals surface area contributed by atoms with E-state index in [9.17, 15) is 0 Å². The van der Waals surface area contributed by atoms with Crippen LogP contribution in [0.2, 0.25) is 0 Å². The lowest BCUT2D eigenvalue weighted by Gasteiger charge is -2.01. The van der Waals surface area contributed by atoms with Crippen LogP contribution in [0.15, 0.2) is 30.3 Å². The molecule has 0 saturated heterocycles. The number of nitrogens with zero attached hydrogens (tertiary/aromatic N) is 1. The zero-order valence-corrected chi connectivity index (χ0v) is 9.24. The molecule has 0 bridgehead atoms. The second-order valence-electron chi connectivity index (χ2n) is 3.93. The number of hydrogen-bond donors (Lipinski definition) is 0. The van der Waals surface area contributed by atoms with Gasteiger partial charge in [0, 0.05) is 0 Å². The van der Waals surface area contributed by atoms with E-state index in [1.54, 1.807) is 0 Å². The third-order valence-corrected chi connectivity index (χ3v) is 2.21. The Morgan fingerprint density at radius 3 is 2.50 bits per heavy atom. The minimum atomic E-state index is 1.09. The third kappa shape index (κ3) is 4.93. The van der Waals surface area contributed by atoms with E-state index in [2.05, 4.69) is 55.7 Å². The quantitative estimate of drug-likeness (QED) is 0.492. The second kappa shape index (κ2) is 6.50. The average molecular weight is 190 g/mol. The molecule has 0 N–H and O–H groups in total. The van der Waals surface area contributed by atoms with Crippen LogP contribution in [0.4, 0.5) is 0 Å². The van der Waals surface area contributed by atoms with Gasteiger partial charge < -0.3 is 0 Å². The van der Waals surface area contributed by atoms with E-state index in [-0.39, 0.29) is 0 Å². The van der Waals surface area contributed by atoms with Gasteiger partial charge in [-0.3, -0.25) is 4.90 Å². The summed E-state index contributed by atoms with van der Waals surface area (Å²) < 4.78 is 0. The minimum Gasteiger partial charge on any atom is -0.272 e.